The van der Waals surface area contributed by atoms with E-state index in [1.807, 2.05) is 0 Å². The molecule has 0 unspecified atom stereocenters. The molecule has 0 amide bonds. The summed E-state index contributed by atoms with van der Waals surface area (Å²) in [5.74, 6) is 0.130. The molecular formula is C13H9F3N4O. The van der Waals surface area contributed by atoms with Gasteiger partial charge >= 0.3 is 6.18 Å². The molecule has 0 atom stereocenters. The second-order valence-electron chi connectivity index (χ2n) is 4.19. The first-order valence-electron chi connectivity index (χ1n) is 5.75. The lowest BCUT2D eigenvalue weighted by Gasteiger charge is -2.15. The van der Waals surface area contributed by atoms with Gasteiger partial charge in [0, 0.05) is 0 Å². The minimum absolute atomic E-state index is 0.130. The Hall–Kier alpha value is -2.82. The lowest BCUT2D eigenvalue weighted by molar-refractivity contribution is -0.144. The molecule has 0 aliphatic heterocycles. The van der Waals surface area contributed by atoms with Crippen molar-refractivity contribution in [3.8, 4) is 6.07 Å². The van der Waals surface area contributed by atoms with E-state index in [1.165, 1.54) is 18.2 Å². The van der Waals surface area contributed by atoms with Gasteiger partial charge in [-0.15, -0.1) is 0 Å². The second-order valence-corrected chi connectivity index (χ2v) is 4.19. The number of nitrogens with zero attached hydrogens (tertiary/aromatic N) is 3. The quantitative estimate of drug-likeness (QED) is 0.914. The standard InChI is InChI=1S/C13H9F3N4O/c14-13(15,16)10-5-4-8(6-17)12(21)20(10)7-9-2-1-3-11(18)19-9/h1-5H,7H2,(H2,18,19). The molecule has 0 spiro atoms. The summed E-state index contributed by atoms with van der Waals surface area (Å²) >= 11 is 0. The summed E-state index contributed by atoms with van der Waals surface area (Å²) in [6.45, 7) is -0.422. The zero-order valence-corrected chi connectivity index (χ0v) is 10.6. The highest BCUT2D eigenvalue weighted by atomic mass is 19.4. The van der Waals surface area contributed by atoms with Crippen LogP contribution in [0.5, 0.6) is 0 Å². The van der Waals surface area contributed by atoms with E-state index in [4.69, 9.17) is 11.0 Å². The Morgan fingerprint density at radius 1 is 1.29 bits per heavy atom. The van der Waals surface area contributed by atoms with Gasteiger partial charge in [0.05, 0.1) is 12.2 Å². The number of rotatable bonds is 2. The summed E-state index contributed by atoms with van der Waals surface area (Å²) in [4.78, 5) is 15.8. The molecular weight excluding hydrogens is 285 g/mol. The van der Waals surface area contributed by atoms with E-state index in [0.717, 1.165) is 6.07 Å². The molecule has 21 heavy (non-hydrogen) atoms. The third-order valence-electron chi connectivity index (χ3n) is 2.73. The van der Waals surface area contributed by atoms with Gasteiger partial charge in [-0.25, -0.2) is 4.98 Å². The minimum Gasteiger partial charge on any atom is -0.384 e. The first-order valence-corrected chi connectivity index (χ1v) is 5.75. The molecule has 0 bridgehead atoms. The molecule has 2 rings (SSSR count). The molecule has 0 aromatic carbocycles. The summed E-state index contributed by atoms with van der Waals surface area (Å²) in [7, 11) is 0. The predicted octanol–water partition coefficient (Wildman–Crippen LogP) is 1.76. The Kier molecular flexibility index (Phi) is 3.67. The number of nitrogen functional groups attached to an aromatic ring is 1. The van der Waals surface area contributed by atoms with Gasteiger partial charge in [0.25, 0.3) is 5.56 Å². The van der Waals surface area contributed by atoms with Crippen LogP contribution in [0, 0.1) is 11.3 Å². The van der Waals surface area contributed by atoms with E-state index in [2.05, 4.69) is 4.98 Å². The molecule has 2 aromatic rings. The molecule has 0 fully saturated rings. The number of pyridine rings is 2. The van der Waals surface area contributed by atoms with Crippen LogP contribution in [0.3, 0.4) is 0 Å². The van der Waals surface area contributed by atoms with Crippen LogP contribution in [0.4, 0.5) is 19.0 Å². The predicted molar refractivity (Wildman–Crippen MR) is 68.2 cm³/mol. The average Bonchev–Trinajstić information content (AvgIpc) is 2.39. The smallest absolute Gasteiger partial charge is 0.384 e. The van der Waals surface area contributed by atoms with Gasteiger partial charge in [0.1, 0.15) is 23.1 Å². The van der Waals surface area contributed by atoms with E-state index in [9.17, 15) is 18.0 Å². The molecule has 0 radical (unpaired) electrons. The van der Waals surface area contributed by atoms with Crippen molar-refractivity contribution >= 4 is 5.82 Å². The number of nitriles is 1. The van der Waals surface area contributed by atoms with Crippen molar-refractivity contribution in [3.05, 3.63) is 57.6 Å². The first-order chi connectivity index (χ1) is 9.82. The number of anilines is 1. The van der Waals surface area contributed by atoms with Crippen molar-refractivity contribution in [2.24, 2.45) is 0 Å². The van der Waals surface area contributed by atoms with Crippen LogP contribution in [-0.4, -0.2) is 9.55 Å². The second kappa shape index (κ2) is 5.28. The highest BCUT2D eigenvalue weighted by Crippen LogP contribution is 2.28. The molecule has 0 saturated heterocycles. The van der Waals surface area contributed by atoms with E-state index in [0.29, 0.717) is 10.6 Å². The minimum atomic E-state index is -4.71. The van der Waals surface area contributed by atoms with Crippen molar-refractivity contribution in [2.75, 3.05) is 5.73 Å². The Bertz CT molecular complexity index is 774. The fraction of sp³-hybridized carbons (Fsp3) is 0.154. The molecule has 2 heterocycles. The van der Waals surface area contributed by atoms with Crippen LogP contribution < -0.4 is 11.3 Å². The van der Waals surface area contributed by atoms with Crippen molar-refractivity contribution in [2.45, 2.75) is 12.7 Å². The van der Waals surface area contributed by atoms with Crippen molar-refractivity contribution < 1.29 is 13.2 Å². The van der Waals surface area contributed by atoms with E-state index < -0.39 is 24.0 Å². The van der Waals surface area contributed by atoms with Crippen LogP contribution in [-0.2, 0) is 12.7 Å². The van der Waals surface area contributed by atoms with Crippen LogP contribution in [0.2, 0.25) is 0 Å². The Balaban J connectivity index is 2.60. The van der Waals surface area contributed by atoms with Crippen LogP contribution in [0.25, 0.3) is 0 Å². The monoisotopic (exact) mass is 294 g/mol. The molecule has 0 aliphatic rings. The topological polar surface area (TPSA) is 84.7 Å². The molecule has 0 aliphatic carbocycles. The van der Waals surface area contributed by atoms with Gasteiger partial charge in [0.2, 0.25) is 0 Å². The lowest BCUT2D eigenvalue weighted by Crippen LogP contribution is -2.30. The Morgan fingerprint density at radius 2 is 2.00 bits per heavy atom. The molecule has 0 saturated carbocycles. The zero-order chi connectivity index (χ0) is 15.6. The Morgan fingerprint density at radius 3 is 2.57 bits per heavy atom. The highest BCUT2D eigenvalue weighted by molar-refractivity contribution is 5.31. The highest BCUT2D eigenvalue weighted by Gasteiger charge is 2.34. The maximum atomic E-state index is 13.0. The van der Waals surface area contributed by atoms with Gasteiger partial charge in [-0.05, 0) is 24.3 Å². The van der Waals surface area contributed by atoms with Gasteiger partial charge in [-0.3, -0.25) is 9.36 Å². The molecule has 2 N–H and O–H groups in total. The van der Waals surface area contributed by atoms with E-state index in [-0.39, 0.29) is 17.1 Å². The van der Waals surface area contributed by atoms with Crippen molar-refractivity contribution in [1.29, 1.82) is 5.26 Å². The maximum Gasteiger partial charge on any atom is 0.431 e. The number of hydrogen-bond donors (Lipinski definition) is 1. The van der Waals surface area contributed by atoms with E-state index >= 15 is 0 Å². The van der Waals surface area contributed by atoms with Crippen molar-refractivity contribution in [1.82, 2.24) is 9.55 Å². The van der Waals surface area contributed by atoms with Crippen LogP contribution >= 0.6 is 0 Å². The SMILES string of the molecule is N#Cc1ccc(C(F)(F)F)n(Cc2cccc(N)n2)c1=O. The third-order valence-corrected chi connectivity index (χ3v) is 2.73. The third kappa shape index (κ3) is 3.02. The summed E-state index contributed by atoms with van der Waals surface area (Å²) < 4.78 is 39.3. The van der Waals surface area contributed by atoms with Gasteiger partial charge in [-0.2, -0.15) is 18.4 Å². The van der Waals surface area contributed by atoms with Crippen LogP contribution in [0.1, 0.15) is 17.0 Å². The summed E-state index contributed by atoms with van der Waals surface area (Å²) in [5.41, 5.74) is 3.12. The molecule has 5 nitrogen and oxygen atoms in total. The van der Waals surface area contributed by atoms with Gasteiger partial charge in [-0.1, -0.05) is 6.07 Å². The van der Waals surface area contributed by atoms with Crippen molar-refractivity contribution in [3.63, 3.8) is 0 Å². The normalized spacial score (nSPS) is 11.1. The summed E-state index contributed by atoms with van der Waals surface area (Å²) in [6.07, 6.45) is -4.71. The number of aromatic nitrogens is 2. The average molecular weight is 294 g/mol. The molecule has 8 heteroatoms. The summed E-state index contributed by atoms with van der Waals surface area (Å²) in [6, 6.07) is 7.56. The fourth-order valence-electron chi connectivity index (χ4n) is 1.82. The molecule has 2 aromatic heterocycles. The van der Waals surface area contributed by atoms with Gasteiger partial charge in [0.15, 0.2) is 0 Å². The number of nitrogens with two attached hydrogens (primary N) is 1. The van der Waals surface area contributed by atoms with Crippen LogP contribution in [0.15, 0.2) is 35.1 Å². The number of alkyl halides is 3. The van der Waals surface area contributed by atoms with E-state index in [1.54, 1.807) is 6.07 Å². The number of halogens is 3. The Labute approximate surface area is 117 Å². The molecule has 108 valence electrons. The summed E-state index contributed by atoms with van der Waals surface area (Å²) in [5, 5.41) is 8.77. The maximum absolute atomic E-state index is 13.0. The first kappa shape index (κ1) is 14.6. The largest absolute Gasteiger partial charge is 0.431 e. The zero-order valence-electron chi connectivity index (χ0n) is 10.6. The lowest BCUT2D eigenvalue weighted by atomic mass is 10.2. The van der Waals surface area contributed by atoms with Gasteiger partial charge < -0.3 is 5.73 Å². The number of hydrogen-bond acceptors (Lipinski definition) is 4. The fourth-order valence-corrected chi connectivity index (χ4v) is 1.82.